The first-order valence-corrected chi connectivity index (χ1v) is 7.13. The lowest BCUT2D eigenvalue weighted by Gasteiger charge is -2.17. The largest absolute Gasteiger partial charge is 0.465 e. The molecule has 4 nitrogen and oxygen atoms in total. The van der Waals surface area contributed by atoms with Gasteiger partial charge < -0.3 is 14.8 Å². The minimum absolute atomic E-state index is 0.176. The third-order valence-corrected chi connectivity index (χ3v) is 2.76. The van der Waals surface area contributed by atoms with Crippen LogP contribution < -0.4 is 5.32 Å². The Morgan fingerprint density at radius 3 is 2.50 bits per heavy atom. The molecule has 0 aromatic heterocycles. The van der Waals surface area contributed by atoms with Crippen LogP contribution in [0.4, 0.5) is 0 Å². The van der Waals surface area contributed by atoms with E-state index in [0.29, 0.717) is 25.6 Å². The lowest BCUT2D eigenvalue weighted by atomic mass is 10.1. The highest BCUT2D eigenvalue weighted by Crippen LogP contribution is 2.06. The molecular weight excluding hydrogens is 230 g/mol. The maximum atomic E-state index is 11.6. The topological polar surface area (TPSA) is 47.6 Å². The van der Waals surface area contributed by atoms with Gasteiger partial charge in [0.2, 0.25) is 0 Å². The van der Waals surface area contributed by atoms with Gasteiger partial charge in [0.1, 0.15) is 6.04 Å². The molecule has 0 heterocycles. The number of hydrogen-bond acceptors (Lipinski definition) is 4. The Morgan fingerprint density at radius 1 is 1.22 bits per heavy atom. The smallest absolute Gasteiger partial charge is 0.323 e. The molecule has 18 heavy (non-hydrogen) atoms. The monoisotopic (exact) mass is 259 g/mol. The highest BCUT2D eigenvalue weighted by atomic mass is 16.5. The van der Waals surface area contributed by atoms with Crippen molar-refractivity contribution in [3.8, 4) is 0 Å². The van der Waals surface area contributed by atoms with Crippen molar-refractivity contribution in [1.29, 1.82) is 0 Å². The van der Waals surface area contributed by atoms with Gasteiger partial charge in [-0.2, -0.15) is 0 Å². The van der Waals surface area contributed by atoms with Crippen LogP contribution in [0.3, 0.4) is 0 Å². The van der Waals surface area contributed by atoms with Gasteiger partial charge in [-0.25, -0.2) is 0 Å². The van der Waals surface area contributed by atoms with Crippen LogP contribution in [0.2, 0.25) is 0 Å². The Bertz CT molecular complexity index is 209. The van der Waals surface area contributed by atoms with Gasteiger partial charge in [0.25, 0.3) is 0 Å². The molecule has 1 N–H and O–H groups in total. The van der Waals surface area contributed by atoms with Crippen LogP contribution in [-0.4, -0.2) is 38.4 Å². The van der Waals surface area contributed by atoms with E-state index in [1.54, 1.807) is 0 Å². The fourth-order valence-corrected chi connectivity index (χ4v) is 1.85. The number of rotatable bonds is 11. The van der Waals surface area contributed by atoms with Crippen LogP contribution >= 0.6 is 0 Å². The zero-order valence-electron chi connectivity index (χ0n) is 12.3. The summed E-state index contributed by atoms with van der Waals surface area (Å²) in [7, 11) is 0. The summed E-state index contributed by atoms with van der Waals surface area (Å²) in [6.45, 7) is 10.7. The molecule has 0 aliphatic carbocycles. The minimum Gasteiger partial charge on any atom is -0.465 e. The van der Waals surface area contributed by atoms with Crippen LogP contribution in [-0.2, 0) is 14.3 Å². The first-order chi connectivity index (χ1) is 8.65. The van der Waals surface area contributed by atoms with Gasteiger partial charge in [0.15, 0.2) is 0 Å². The number of carbonyl (C=O) groups is 1. The van der Waals surface area contributed by atoms with Crippen molar-refractivity contribution < 1.29 is 14.3 Å². The molecule has 108 valence electrons. The van der Waals surface area contributed by atoms with Gasteiger partial charge >= 0.3 is 5.97 Å². The number of esters is 1. The van der Waals surface area contributed by atoms with Gasteiger partial charge in [-0.05, 0) is 32.2 Å². The number of carbonyl (C=O) groups excluding carboxylic acids is 1. The molecule has 0 saturated heterocycles. The van der Waals surface area contributed by atoms with Crippen LogP contribution in [0.15, 0.2) is 0 Å². The summed E-state index contributed by atoms with van der Waals surface area (Å²) in [4.78, 5) is 11.6. The van der Waals surface area contributed by atoms with Crippen molar-refractivity contribution in [1.82, 2.24) is 5.32 Å². The van der Waals surface area contributed by atoms with E-state index in [1.807, 2.05) is 13.8 Å². The average molecular weight is 259 g/mol. The first-order valence-electron chi connectivity index (χ1n) is 7.13. The molecule has 0 aromatic rings. The van der Waals surface area contributed by atoms with Crippen LogP contribution in [0.5, 0.6) is 0 Å². The van der Waals surface area contributed by atoms with E-state index in [1.165, 1.54) is 12.8 Å². The summed E-state index contributed by atoms with van der Waals surface area (Å²) >= 11 is 0. The summed E-state index contributed by atoms with van der Waals surface area (Å²) in [6.07, 6.45) is 3.05. The van der Waals surface area contributed by atoms with E-state index in [-0.39, 0.29) is 12.0 Å². The highest BCUT2D eigenvalue weighted by molar-refractivity contribution is 5.75. The zero-order chi connectivity index (χ0) is 13.8. The summed E-state index contributed by atoms with van der Waals surface area (Å²) in [5.41, 5.74) is 0. The molecule has 0 spiro atoms. The molecule has 0 saturated carbocycles. The lowest BCUT2D eigenvalue weighted by molar-refractivity contribution is -0.146. The number of likely N-dealkylation sites (N-methyl/N-ethyl adjacent to an activating group) is 1. The van der Waals surface area contributed by atoms with E-state index in [2.05, 4.69) is 19.2 Å². The third-order valence-electron chi connectivity index (χ3n) is 2.76. The Balaban J connectivity index is 3.79. The molecule has 0 fully saturated rings. The van der Waals surface area contributed by atoms with E-state index in [4.69, 9.17) is 9.47 Å². The summed E-state index contributed by atoms with van der Waals surface area (Å²) in [5, 5.41) is 3.13. The molecule has 0 rings (SSSR count). The summed E-state index contributed by atoms with van der Waals surface area (Å²) in [6, 6.07) is -0.239. The SMILES string of the molecule is CCCC(C)COCCC(NCC)C(=O)OCC. The molecule has 0 bridgehead atoms. The predicted octanol–water partition coefficient (Wildman–Crippen LogP) is 2.37. The van der Waals surface area contributed by atoms with Gasteiger partial charge in [0.05, 0.1) is 6.61 Å². The summed E-state index contributed by atoms with van der Waals surface area (Å²) < 4.78 is 10.6. The fourth-order valence-electron chi connectivity index (χ4n) is 1.85. The summed E-state index contributed by atoms with van der Waals surface area (Å²) in [5.74, 6) is 0.416. The van der Waals surface area contributed by atoms with E-state index in [0.717, 1.165) is 13.2 Å². The minimum atomic E-state index is -0.239. The third kappa shape index (κ3) is 8.48. The lowest BCUT2D eigenvalue weighted by Crippen LogP contribution is -2.39. The van der Waals surface area contributed by atoms with Crippen molar-refractivity contribution in [3.63, 3.8) is 0 Å². The molecule has 2 atom stereocenters. The molecule has 0 aliphatic heterocycles. The molecule has 0 aliphatic rings. The van der Waals surface area contributed by atoms with Crippen molar-refractivity contribution in [3.05, 3.63) is 0 Å². The van der Waals surface area contributed by atoms with Crippen molar-refractivity contribution in [2.24, 2.45) is 5.92 Å². The van der Waals surface area contributed by atoms with Crippen molar-refractivity contribution in [2.75, 3.05) is 26.4 Å². The van der Waals surface area contributed by atoms with Gasteiger partial charge in [0, 0.05) is 13.2 Å². The van der Waals surface area contributed by atoms with E-state index in [9.17, 15) is 4.79 Å². The maximum Gasteiger partial charge on any atom is 0.323 e. The molecule has 0 aromatic carbocycles. The molecule has 0 radical (unpaired) electrons. The van der Waals surface area contributed by atoms with Crippen LogP contribution in [0, 0.1) is 5.92 Å². The molecule has 4 heteroatoms. The Labute approximate surface area is 111 Å². The van der Waals surface area contributed by atoms with E-state index < -0.39 is 0 Å². The molecule has 2 unspecified atom stereocenters. The van der Waals surface area contributed by atoms with Gasteiger partial charge in [-0.1, -0.05) is 27.2 Å². The number of ether oxygens (including phenoxy) is 2. The first kappa shape index (κ1) is 17.4. The van der Waals surface area contributed by atoms with Gasteiger partial charge in [-0.15, -0.1) is 0 Å². The molecule has 0 amide bonds. The normalized spacial score (nSPS) is 14.2. The maximum absolute atomic E-state index is 11.6. The standard InChI is InChI=1S/C14H29NO3/c1-5-8-12(4)11-17-10-9-13(15-6-2)14(16)18-7-3/h12-13,15H,5-11H2,1-4H3. The van der Waals surface area contributed by atoms with Crippen molar-refractivity contribution in [2.45, 2.75) is 53.0 Å². The van der Waals surface area contributed by atoms with Crippen LogP contribution in [0.1, 0.15) is 47.0 Å². The van der Waals surface area contributed by atoms with E-state index >= 15 is 0 Å². The second-order valence-corrected chi connectivity index (χ2v) is 4.62. The zero-order valence-corrected chi connectivity index (χ0v) is 12.3. The Kier molecular flexibility index (Phi) is 11.1. The fraction of sp³-hybridized carbons (Fsp3) is 0.929. The highest BCUT2D eigenvalue weighted by Gasteiger charge is 2.18. The quantitative estimate of drug-likeness (QED) is 0.457. The molecular formula is C14H29NO3. The Hall–Kier alpha value is -0.610. The number of nitrogens with one attached hydrogen (secondary N) is 1. The van der Waals surface area contributed by atoms with Gasteiger partial charge in [-0.3, -0.25) is 4.79 Å². The Morgan fingerprint density at radius 2 is 1.94 bits per heavy atom. The van der Waals surface area contributed by atoms with Crippen LogP contribution in [0.25, 0.3) is 0 Å². The second kappa shape index (κ2) is 11.5. The number of hydrogen-bond donors (Lipinski definition) is 1. The van der Waals surface area contributed by atoms with Crippen molar-refractivity contribution >= 4 is 5.97 Å². The second-order valence-electron chi connectivity index (χ2n) is 4.62. The predicted molar refractivity (Wildman–Crippen MR) is 73.6 cm³/mol. The average Bonchev–Trinajstić information content (AvgIpc) is 2.33.